The topological polar surface area (TPSA) is 61.9 Å². The molecule has 2 heterocycles. The predicted molar refractivity (Wildman–Crippen MR) is 60.4 cm³/mol. The van der Waals surface area contributed by atoms with Crippen LogP contribution in [0.5, 0.6) is 0 Å². The van der Waals surface area contributed by atoms with Crippen molar-refractivity contribution in [3.63, 3.8) is 0 Å². The van der Waals surface area contributed by atoms with E-state index in [9.17, 15) is 4.79 Å². The number of primary amides is 1. The number of carbonyl (C=O) groups is 1. The summed E-state index contributed by atoms with van der Waals surface area (Å²) in [5, 5.41) is 8.55. The van der Waals surface area contributed by atoms with Gasteiger partial charge in [0.25, 0.3) is 5.91 Å². The van der Waals surface area contributed by atoms with Crippen LogP contribution in [0.1, 0.15) is 25.7 Å². The second-order valence-corrected chi connectivity index (χ2v) is 5.08. The van der Waals surface area contributed by atoms with Crippen LogP contribution in [-0.4, -0.2) is 41.4 Å². The first-order valence-electron chi connectivity index (χ1n) is 6.13. The molecule has 16 heavy (non-hydrogen) atoms. The summed E-state index contributed by atoms with van der Waals surface area (Å²) < 4.78 is 0. The van der Waals surface area contributed by atoms with Gasteiger partial charge in [0.2, 0.25) is 0 Å². The van der Waals surface area contributed by atoms with Gasteiger partial charge in [-0.3, -0.25) is 4.79 Å². The molecule has 2 fully saturated rings. The first-order chi connectivity index (χ1) is 7.74. The molecule has 5 nitrogen and oxygen atoms in total. The number of hydrazone groups is 1. The maximum absolute atomic E-state index is 11.0. The molecule has 1 saturated heterocycles. The molecule has 3 aliphatic rings. The van der Waals surface area contributed by atoms with E-state index < -0.39 is 0 Å². The highest BCUT2D eigenvalue weighted by Crippen LogP contribution is 2.38. The van der Waals surface area contributed by atoms with E-state index in [2.05, 4.69) is 10.1 Å². The fraction of sp³-hybridized carbons (Fsp3) is 0.818. The monoisotopic (exact) mass is 222 g/mol. The van der Waals surface area contributed by atoms with E-state index in [-0.39, 0.29) is 5.91 Å². The molecule has 0 spiro atoms. The van der Waals surface area contributed by atoms with Gasteiger partial charge in [0.1, 0.15) is 5.71 Å². The molecule has 0 aromatic heterocycles. The van der Waals surface area contributed by atoms with Crippen molar-refractivity contribution in [2.75, 3.05) is 19.6 Å². The van der Waals surface area contributed by atoms with Crippen LogP contribution in [0, 0.1) is 11.8 Å². The number of nitrogens with zero attached hydrogens (tertiary/aromatic N) is 3. The van der Waals surface area contributed by atoms with Gasteiger partial charge >= 0.3 is 0 Å². The van der Waals surface area contributed by atoms with Crippen LogP contribution in [0.2, 0.25) is 0 Å². The largest absolute Gasteiger partial charge is 0.364 e. The van der Waals surface area contributed by atoms with Crippen molar-refractivity contribution in [2.24, 2.45) is 22.7 Å². The highest BCUT2D eigenvalue weighted by Gasteiger charge is 2.39. The van der Waals surface area contributed by atoms with E-state index in [0.29, 0.717) is 12.1 Å². The van der Waals surface area contributed by atoms with Crippen molar-refractivity contribution in [1.29, 1.82) is 0 Å². The number of hydrazine groups is 1. The molecular weight excluding hydrogens is 204 g/mol. The average molecular weight is 222 g/mol. The van der Waals surface area contributed by atoms with Crippen LogP contribution in [0.25, 0.3) is 0 Å². The molecule has 1 amide bonds. The standard InChI is InChI=1S/C11H18N4O/c12-11(16)10-4-5-15(13-10)14-6-8-2-1-3-9(8)7-14/h8-9H,1-7H2,(H2,12,16). The molecule has 3 rings (SSSR count). The van der Waals surface area contributed by atoms with Crippen molar-refractivity contribution < 1.29 is 4.79 Å². The van der Waals surface area contributed by atoms with Crippen molar-refractivity contribution in [1.82, 2.24) is 10.1 Å². The Morgan fingerprint density at radius 3 is 2.56 bits per heavy atom. The molecule has 0 radical (unpaired) electrons. The third-order valence-electron chi connectivity index (χ3n) is 4.10. The Hall–Kier alpha value is -1.10. The third-order valence-corrected chi connectivity index (χ3v) is 4.10. The molecule has 2 atom stereocenters. The average Bonchev–Trinajstić information content (AvgIpc) is 2.91. The molecular formula is C11H18N4O. The van der Waals surface area contributed by atoms with Gasteiger partial charge < -0.3 is 5.73 Å². The van der Waals surface area contributed by atoms with Crippen molar-refractivity contribution in [3.8, 4) is 0 Å². The van der Waals surface area contributed by atoms with Gasteiger partial charge in [0.05, 0.1) is 6.54 Å². The van der Waals surface area contributed by atoms with Crippen molar-refractivity contribution >= 4 is 11.6 Å². The summed E-state index contributed by atoms with van der Waals surface area (Å²) in [4.78, 5) is 11.0. The molecule has 2 N–H and O–H groups in total. The molecule has 2 aliphatic heterocycles. The number of nitrogens with two attached hydrogens (primary N) is 1. The predicted octanol–water partition coefficient (Wildman–Crippen LogP) is 0.180. The lowest BCUT2D eigenvalue weighted by molar-refractivity contribution is -0.112. The first-order valence-corrected chi connectivity index (χ1v) is 6.13. The van der Waals surface area contributed by atoms with Gasteiger partial charge in [-0.25, -0.2) is 10.1 Å². The zero-order valence-electron chi connectivity index (χ0n) is 9.43. The van der Waals surface area contributed by atoms with Crippen LogP contribution in [0.3, 0.4) is 0 Å². The van der Waals surface area contributed by atoms with Crippen molar-refractivity contribution in [3.05, 3.63) is 0 Å². The first kappa shape index (κ1) is 10.1. The van der Waals surface area contributed by atoms with E-state index in [4.69, 9.17) is 5.73 Å². The zero-order chi connectivity index (χ0) is 11.1. The van der Waals surface area contributed by atoms with Gasteiger partial charge in [0, 0.05) is 19.5 Å². The lowest BCUT2D eigenvalue weighted by Crippen LogP contribution is -2.36. The molecule has 0 aromatic rings. The van der Waals surface area contributed by atoms with Crippen molar-refractivity contribution in [2.45, 2.75) is 25.7 Å². The maximum Gasteiger partial charge on any atom is 0.265 e. The van der Waals surface area contributed by atoms with Gasteiger partial charge in [-0.1, -0.05) is 6.42 Å². The highest BCUT2D eigenvalue weighted by molar-refractivity contribution is 6.38. The number of hydrogen-bond donors (Lipinski definition) is 1. The lowest BCUT2D eigenvalue weighted by atomic mass is 10.0. The number of fused-ring (bicyclic) bond motifs is 1. The number of rotatable bonds is 2. The highest BCUT2D eigenvalue weighted by atomic mass is 16.1. The minimum Gasteiger partial charge on any atom is -0.364 e. The molecule has 2 unspecified atom stereocenters. The van der Waals surface area contributed by atoms with Crippen LogP contribution in [0.15, 0.2) is 5.10 Å². The van der Waals surface area contributed by atoms with Crippen LogP contribution >= 0.6 is 0 Å². The second kappa shape index (κ2) is 3.73. The number of amides is 1. The van der Waals surface area contributed by atoms with E-state index in [0.717, 1.165) is 31.5 Å². The Balaban J connectivity index is 1.65. The summed E-state index contributed by atoms with van der Waals surface area (Å²) in [5.41, 5.74) is 5.76. The summed E-state index contributed by atoms with van der Waals surface area (Å²) in [6.07, 6.45) is 4.81. The quantitative estimate of drug-likeness (QED) is 0.725. The van der Waals surface area contributed by atoms with E-state index in [1.165, 1.54) is 19.3 Å². The Labute approximate surface area is 95.2 Å². The van der Waals surface area contributed by atoms with E-state index in [1.54, 1.807) is 0 Å². The van der Waals surface area contributed by atoms with Crippen LogP contribution < -0.4 is 5.73 Å². The Morgan fingerprint density at radius 2 is 2.00 bits per heavy atom. The summed E-state index contributed by atoms with van der Waals surface area (Å²) in [6.45, 7) is 3.04. The summed E-state index contributed by atoms with van der Waals surface area (Å²) in [5.74, 6) is 1.34. The van der Waals surface area contributed by atoms with Gasteiger partial charge in [0.15, 0.2) is 0 Å². The number of hydrogen-bond acceptors (Lipinski definition) is 4. The smallest absolute Gasteiger partial charge is 0.265 e. The minimum atomic E-state index is -0.373. The SMILES string of the molecule is NC(=O)C1=NN(N2CC3CCCC3C2)CC1. The number of carbonyl (C=O) groups excluding carboxylic acids is 1. The second-order valence-electron chi connectivity index (χ2n) is 5.08. The minimum absolute atomic E-state index is 0.373. The van der Waals surface area contributed by atoms with Gasteiger partial charge in [-0.2, -0.15) is 5.10 Å². The molecule has 5 heteroatoms. The molecule has 1 aliphatic carbocycles. The third kappa shape index (κ3) is 1.59. The Kier molecular flexibility index (Phi) is 2.35. The molecule has 0 aromatic carbocycles. The lowest BCUT2D eigenvalue weighted by Gasteiger charge is -2.26. The fourth-order valence-corrected chi connectivity index (χ4v) is 3.22. The molecule has 0 bridgehead atoms. The fourth-order valence-electron chi connectivity index (χ4n) is 3.22. The Morgan fingerprint density at radius 1 is 1.31 bits per heavy atom. The van der Waals surface area contributed by atoms with Crippen LogP contribution in [0.4, 0.5) is 0 Å². The van der Waals surface area contributed by atoms with E-state index in [1.807, 2.05) is 5.12 Å². The summed E-state index contributed by atoms with van der Waals surface area (Å²) in [7, 11) is 0. The van der Waals surface area contributed by atoms with Gasteiger partial charge in [-0.05, 0) is 24.7 Å². The van der Waals surface area contributed by atoms with Crippen LogP contribution in [-0.2, 0) is 4.79 Å². The Bertz CT molecular complexity index is 329. The normalized spacial score (nSPS) is 34.2. The zero-order valence-corrected chi connectivity index (χ0v) is 9.43. The molecule has 88 valence electrons. The summed E-state index contributed by atoms with van der Waals surface area (Å²) in [6, 6.07) is 0. The maximum atomic E-state index is 11.0. The molecule has 1 saturated carbocycles. The van der Waals surface area contributed by atoms with E-state index >= 15 is 0 Å². The summed E-state index contributed by atoms with van der Waals surface area (Å²) >= 11 is 0. The van der Waals surface area contributed by atoms with Gasteiger partial charge in [-0.15, -0.1) is 0 Å².